The molecule has 252 valence electrons. The molecule has 0 atom stereocenters. The van der Waals surface area contributed by atoms with Crippen LogP contribution in [0, 0.1) is 0 Å². The highest BCUT2D eigenvalue weighted by Gasteiger charge is 2.18. The predicted molar refractivity (Wildman–Crippen MR) is 221 cm³/mol. The van der Waals surface area contributed by atoms with Gasteiger partial charge in [0.2, 0.25) is 0 Å². The molecule has 0 saturated heterocycles. The summed E-state index contributed by atoms with van der Waals surface area (Å²) in [6.45, 7) is 0. The number of aromatic nitrogens is 2. The summed E-state index contributed by atoms with van der Waals surface area (Å²) in [5, 5.41) is 6.75. The molecule has 0 unspecified atom stereocenters. The largest absolute Gasteiger partial charge is 0.456 e. The lowest BCUT2D eigenvalue weighted by Gasteiger charge is -2.14. The van der Waals surface area contributed by atoms with Crippen molar-refractivity contribution in [1.82, 2.24) is 9.97 Å². The summed E-state index contributed by atoms with van der Waals surface area (Å²) in [4.78, 5) is 10.4. The van der Waals surface area contributed by atoms with Crippen molar-refractivity contribution >= 4 is 54.6 Å². The Morgan fingerprint density at radius 3 is 1.80 bits per heavy atom. The molecule has 0 aliphatic carbocycles. The highest BCUT2D eigenvalue weighted by molar-refractivity contribution is 6.10. The van der Waals surface area contributed by atoms with Gasteiger partial charge in [0.15, 0.2) is 5.82 Å². The summed E-state index contributed by atoms with van der Waals surface area (Å²) in [6, 6.07) is 63.4. The van der Waals surface area contributed by atoms with Gasteiger partial charge in [-0.3, -0.25) is 0 Å². The van der Waals surface area contributed by atoms with Crippen LogP contribution in [0.2, 0.25) is 0 Å². The summed E-state index contributed by atoms with van der Waals surface area (Å²) < 4.78 is 12.7. The minimum atomic E-state index is 0.664. The molecule has 8 aromatic carbocycles. The number of hydrogen-bond acceptors (Lipinski definition) is 4. The summed E-state index contributed by atoms with van der Waals surface area (Å²) in [6.07, 6.45) is 0. The number of furan rings is 2. The molecule has 0 aliphatic rings. The number of nitrogens with zero attached hydrogens (tertiary/aromatic N) is 2. The Morgan fingerprint density at radius 2 is 0.944 bits per heavy atom. The van der Waals surface area contributed by atoms with Gasteiger partial charge in [-0.25, -0.2) is 9.97 Å². The summed E-state index contributed by atoms with van der Waals surface area (Å²) >= 11 is 0. The zero-order chi connectivity index (χ0) is 35.6. The fraction of sp³-hybridized carbons (Fsp3) is 0. The average Bonchev–Trinajstić information content (AvgIpc) is 3.82. The van der Waals surface area contributed by atoms with Crippen molar-refractivity contribution in [3.05, 3.63) is 182 Å². The van der Waals surface area contributed by atoms with Gasteiger partial charge in [-0.05, 0) is 88.1 Å². The summed E-state index contributed by atoms with van der Waals surface area (Å²) in [5.74, 6) is 0.664. The van der Waals surface area contributed by atoms with E-state index in [1.54, 1.807) is 0 Å². The van der Waals surface area contributed by atoms with Gasteiger partial charge in [-0.2, -0.15) is 0 Å². The Balaban J connectivity index is 1.16. The normalized spacial score (nSPS) is 11.7. The highest BCUT2D eigenvalue weighted by atomic mass is 16.3. The van der Waals surface area contributed by atoms with Crippen LogP contribution in [0.4, 0.5) is 0 Å². The number of para-hydroxylation sites is 3. The SMILES string of the molecule is c1ccc(-c2nc(-c3cc(-c4ccc5ccccc5c4)cc(-c4cccc5c4oc4ccccc45)c3)cc(-c3ccc4oc5ccccc5c4c3)n2)cc1. The second-order valence-corrected chi connectivity index (χ2v) is 13.8. The van der Waals surface area contributed by atoms with Gasteiger partial charge >= 0.3 is 0 Å². The van der Waals surface area contributed by atoms with E-state index in [2.05, 4.69) is 127 Å². The monoisotopic (exact) mass is 690 g/mol. The summed E-state index contributed by atoms with van der Waals surface area (Å²) in [7, 11) is 0. The highest BCUT2D eigenvalue weighted by Crippen LogP contribution is 2.40. The number of rotatable bonds is 5. The van der Waals surface area contributed by atoms with Crippen LogP contribution >= 0.6 is 0 Å². The molecular formula is C50H30N2O2. The molecule has 11 aromatic rings. The Hall–Kier alpha value is -7.30. The average molecular weight is 691 g/mol. The molecular weight excluding hydrogens is 661 g/mol. The molecule has 0 bridgehead atoms. The molecule has 3 aromatic heterocycles. The van der Waals surface area contributed by atoms with Crippen LogP contribution in [0.1, 0.15) is 0 Å². The minimum Gasteiger partial charge on any atom is -0.456 e. The molecule has 0 fully saturated rings. The Morgan fingerprint density at radius 1 is 0.315 bits per heavy atom. The van der Waals surface area contributed by atoms with Crippen molar-refractivity contribution in [3.8, 4) is 56.2 Å². The van der Waals surface area contributed by atoms with Crippen molar-refractivity contribution in [2.45, 2.75) is 0 Å². The van der Waals surface area contributed by atoms with Crippen molar-refractivity contribution < 1.29 is 8.83 Å². The zero-order valence-electron chi connectivity index (χ0n) is 29.0. The summed E-state index contributed by atoms with van der Waals surface area (Å²) in [5.41, 5.74) is 12.4. The third-order valence-corrected chi connectivity index (χ3v) is 10.5. The van der Waals surface area contributed by atoms with Crippen LogP contribution in [-0.2, 0) is 0 Å². The number of hydrogen-bond donors (Lipinski definition) is 0. The predicted octanol–water partition coefficient (Wildman–Crippen LogP) is 13.8. The second kappa shape index (κ2) is 12.1. The van der Waals surface area contributed by atoms with Gasteiger partial charge in [0.05, 0.1) is 11.4 Å². The standard InChI is InChI=1S/C50H30N2O2/c1-2-12-32(13-3-1)50-51-44(35-23-24-48-43(29-35)41-16-7-8-19-46(41)53-48)30-45(52-50)38-27-36(34-22-21-31-11-4-5-14-33(31)25-34)26-37(28-38)39-17-10-18-42-40-15-6-9-20-47(40)54-49(39)42/h1-30H. The Bertz CT molecular complexity index is 3230. The van der Waals surface area contributed by atoms with Crippen molar-refractivity contribution in [2.75, 3.05) is 0 Å². The number of benzene rings is 8. The van der Waals surface area contributed by atoms with Gasteiger partial charge in [0, 0.05) is 43.8 Å². The van der Waals surface area contributed by atoms with Gasteiger partial charge < -0.3 is 8.83 Å². The third kappa shape index (κ3) is 5.07. The first-order valence-electron chi connectivity index (χ1n) is 18.1. The molecule has 0 N–H and O–H groups in total. The van der Waals surface area contributed by atoms with E-state index in [-0.39, 0.29) is 0 Å². The maximum atomic E-state index is 6.57. The van der Waals surface area contributed by atoms with E-state index in [0.29, 0.717) is 5.82 Å². The molecule has 4 nitrogen and oxygen atoms in total. The maximum Gasteiger partial charge on any atom is 0.160 e. The minimum absolute atomic E-state index is 0.664. The molecule has 0 radical (unpaired) electrons. The van der Waals surface area contributed by atoms with Gasteiger partial charge in [-0.1, -0.05) is 121 Å². The molecule has 54 heavy (non-hydrogen) atoms. The first-order valence-corrected chi connectivity index (χ1v) is 18.1. The first kappa shape index (κ1) is 30.3. The Labute approximate surface area is 310 Å². The van der Waals surface area contributed by atoms with Crippen LogP contribution in [0.5, 0.6) is 0 Å². The van der Waals surface area contributed by atoms with E-state index in [4.69, 9.17) is 18.8 Å². The number of fused-ring (bicyclic) bond motifs is 7. The Kier molecular flexibility index (Phi) is 6.82. The van der Waals surface area contributed by atoms with Gasteiger partial charge in [0.25, 0.3) is 0 Å². The molecule has 0 saturated carbocycles. The van der Waals surface area contributed by atoms with Crippen molar-refractivity contribution in [1.29, 1.82) is 0 Å². The van der Waals surface area contributed by atoms with Gasteiger partial charge in [-0.15, -0.1) is 0 Å². The van der Waals surface area contributed by atoms with Crippen LogP contribution in [0.15, 0.2) is 191 Å². The molecule has 11 rings (SSSR count). The fourth-order valence-corrected chi connectivity index (χ4v) is 7.79. The van der Waals surface area contributed by atoms with Crippen molar-refractivity contribution in [3.63, 3.8) is 0 Å². The van der Waals surface area contributed by atoms with E-state index in [1.807, 2.05) is 54.6 Å². The first-order chi connectivity index (χ1) is 26.7. The van der Waals surface area contributed by atoms with Crippen LogP contribution in [0.3, 0.4) is 0 Å². The fourth-order valence-electron chi connectivity index (χ4n) is 7.79. The van der Waals surface area contributed by atoms with Gasteiger partial charge in [0.1, 0.15) is 22.3 Å². The molecule has 4 heteroatoms. The molecule has 3 heterocycles. The molecule has 0 amide bonds. The smallest absolute Gasteiger partial charge is 0.160 e. The lowest BCUT2D eigenvalue weighted by Crippen LogP contribution is -1.96. The van der Waals surface area contributed by atoms with Crippen molar-refractivity contribution in [2.24, 2.45) is 0 Å². The molecule has 0 spiro atoms. The van der Waals surface area contributed by atoms with E-state index < -0.39 is 0 Å². The maximum absolute atomic E-state index is 6.57. The quantitative estimate of drug-likeness (QED) is 0.180. The topological polar surface area (TPSA) is 52.1 Å². The van der Waals surface area contributed by atoms with Crippen LogP contribution in [-0.4, -0.2) is 9.97 Å². The van der Waals surface area contributed by atoms with Crippen LogP contribution < -0.4 is 0 Å². The second-order valence-electron chi connectivity index (χ2n) is 13.8. The zero-order valence-corrected chi connectivity index (χ0v) is 29.0. The lowest BCUT2D eigenvalue weighted by molar-refractivity contribution is 0.669. The van der Waals surface area contributed by atoms with E-state index in [0.717, 1.165) is 94.2 Å². The van der Waals surface area contributed by atoms with E-state index >= 15 is 0 Å². The lowest BCUT2D eigenvalue weighted by atomic mass is 9.93. The van der Waals surface area contributed by atoms with E-state index in [9.17, 15) is 0 Å². The van der Waals surface area contributed by atoms with E-state index in [1.165, 1.54) is 10.8 Å². The third-order valence-electron chi connectivity index (χ3n) is 10.5. The molecule has 0 aliphatic heterocycles. The van der Waals surface area contributed by atoms with Crippen LogP contribution in [0.25, 0.3) is 111 Å².